The van der Waals surface area contributed by atoms with Crippen LogP contribution in [0.1, 0.15) is 55.7 Å². The van der Waals surface area contributed by atoms with Gasteiger partial charge in [-0.25, -0.2) is 4.79 Å². The topological polar surface area (TPSA) is 74.2 Å². The van der Waals surface area contributed by atoms with Crippen LogP contribution in [-0.4, -0.2) is 31.2 Å². The van der Waals surface area contributed by atoms with E-state index in [2.05, 4.69) is 4.99 Å². The summed E-state index contributed by atoms with van der Waals surface area (Å²) in [5.41, 5.74) is 4.98. The van der Waals surface area contributed by atoms with Crippen LogP contribution in [0, 0.1) is 12.8 Å². The van der Waals surface area contributed by atoms with Gasteiger partial charge in [0.15, 0.2) is 11.5 Å². The number of fused-ring (bicyclic) bond motifs is 1. The number of hydrogen-bond acceptors (Lipinski definition) is 6. The number of benzene rings is 2. The molecule has 1 heterocycles. The number of hydrogen-bond donors (Lipinski definition) is 0. The third kappa shape index (κ3) is 4.76. The molecule has 0 bridgehead atoms. The number of nitrogens with zero attached hydrogens (tertiary/aromatic N) is 1. The van der Waals surface area contributed by atoms with Crippen molar-refractivity contribution in [1.29, 1.82) is 0 Å². The molecule has 0 N–H and O–H groups in total. The number of carbonyl (C=O) groups is 2. The lowest BCUT2D eigenvalue weighted by atomic mass is 9.69. The number of aliphatic imine (C=N–C) groups is 1. The van der Waals surface area contributed by atoms with Crippen LogP contribution in [0.3, 0.4) is 0 Å². The van der Waals surface area contributed by atoms with E-state index in [4.69, 9.17) is 14.2 Å². The second-order valence-corrected chi connectivity index (χ2v) is 8.78. The molecule has 0 saturated heterocycles. The standard InChI is InChI=1S/C28H31NO5/c1-5-33-28(31)25-18(3)29-21-7-6-8-22(30)27(21)26(25)20-13-14-23(24(15-20)32-4)34-16-19-11-9-17(2)10-12-19/h9-15,26-27H,5-8,16H2,1-4H3. The maximum absolute atomic E-state index is 13.0. The minimum Gasteiger partial charge on any atom is -0.493 e. The van der Waals surface area contributed by atoms with Crippen molar-refractivity contribution in [2.45, 2.75) is 52.6 Å². The van der Waals surface area contributed by atoms with Crippen molar-refractivity contribution < 1.29 is 23.8 Å². The van der Waals surface area contributed by atoms with E-state index in [1.165, 1.54) is 5.56 Å². The van der Waals surface area contributed by atoms with Crippen LogP contribution in [0.25, 0.3) is 0 Å². The first-order valence-corrected chi connectivity index (χ1v) is 11.8. The Morgan fingerprint density at radius 1 is 1.03 bits per heavy atom. The van der Waals surface area contributed by atoms with Crippen LogP contribution >= 0.6 is 0 Å². The molecule has 6 nitrogen and oxygen atoms in total. The Labute approximate surface area is 200 Å². The highest BCUT2D eigenvalue weighted by Gasteiger charge is 2.43. The Kier molecular flexibility index (Phi) is 7.15. The summed E-state index contributed by atoms with van der Waals surface area (Å²) < 4.78 is 17.0. The Hall–Kier alpha value is -3.41. The zero-order chi connectivity index (χ0) is 24.2. The van der Waals surface area contributed by atoms with Gasteiger partial charge >= 0.3 is 5.97 Å². The van der Waals surface area contributed by atoms with Gasteiger partial charge in [0.05, 0.1) is 25.2 Å². The molecule has 1 aliphatic carbocycles. The highest BCUT2D eigenvalue weighted by atomic mass is 16.5. The van der Waals surface area contributed by atoms with Crippen LogP contribution in [-0.2, 0) is 20.9 Å². The number of ketones is 1. The molecule has 0 amide bonds. The first-order chi connectivity index (χ1) is 16.4. The third-order valence-corrected chi connectivity index (χ3v) is 6.46. The summed E-state index contributed by atoms with van der Waals surface area (Å²) in [6.45, 7) is 6.30. The molecule has 0 spiro atoms. The van der Waals surface area contributed by atoms with E-state index in [-0.39, 0.29) is 12.4 Å². The van der Waals surface area contributed by atoms with Gasteiger partial charge in [-0.2, -0.15) is 0 Å². The van der Waals surface area contributed by atoms with Gasteiger partial charge in [0, 0.05) is 23.7 Å². The molecule has 0 radical (unpaired) electrons. The molecule has 1 fully saturated rings. The molecule has 2 aromatic carbocycles. The van der Waals surface area contributed by atoms with Gasteiger partial charge in [-0.1, -0.05) is 35.9 Å². The number of ether oxygens (including phenoxy) is 3. The second kappa shape index (κ2) is 10.2. The third-order valence-electron chi connectivity index (χ3n) is 6.46. The number of aryl methyl sites for hydroxylation is 1. The molecular formula is C28H31NO5. The molecule has 2 unspecified atom stereocenters. The smallest absolute Gasteiger partial charge is 0.336 e. The van der Waals surface area contributed by atoms with Crippen molar-refractivity contribution in [2.75, 3.05) is 13.7 Å². The number of allylic oxidation sites excluding steroid dienone is 1. The Balaban J connectivity index is 1.69. The summed E-state index contributed by atoms with van der Waals surface area (Å²) >= 11 is 0. The highest BCUT2D eigenvalue weighted by molar-refractivity contribution is 6.11. The fourth-order valence-corrected chi connectivity index (χ4v) is 4.80. The van der Waals surface area contributed by atoms with Crippen LogP contribution in [0.15, 0.2) is 58.7 Å². The Morgan fingerprint density at radius 3 is 2.50 bits per heavy atom. The lowest BCUT2D eigenvalue weighted by molar-refractivity contribution is -0.139. The molecule has 2 aromatic rings. The molecule has 2 atom stereocenters. The van der Waals surface area contributed by atoms with Gasteiger partial charge in [0.1, 0.15) is 12.4 Å². The minimum absolute atomic E-state index is 0.114. The van der Waals surface area contributed by atoms with E-state index in [0.29, 0.717) is 35.8 Å². The van der Waals surface area contributed by atoms with Crippen LogP contribution < -0.4 is 9.47 Å². The zero-order valence-electron chi connectivity index (χ0n) is 20.2. The largest absolute Gasteiger partial charge is 0.493 e. The average molecular weight is 462 g/mol. The van der Waals surface area contributed by atoms with E-state index in [1.54, 1.807) is 14.0 Å². The summed E-state index contributed by atoms with van der Waals surface area (Å²) in [6.07, 6.45) is 2.04. The summed E-state index contributed by atoms with van der Waals surface area (Å²) in [4.78, 5) is 30.7. The van der Waals surface area contributed by atoms with Gasteiger partial charge < -0.3 is 14.2 Å². The quantitative estimate of drug-likeness (QED) is 0.521. The van der Waals surface area contributed by atoms with Gasteiger partial charge in [-0.15, -0.1) is 0 Å². The SMILES string of the molecule is CCOC(=O)C1=C(C)N=C2CCCC(=O)C2C1c1ccc(OCc2ccc(C)cc2)c(OC)c1. The number of Topliss-reactive ketones (excluding diaryl/α,β-unsaturated/α-hetero) is 1. The van der Waals surface area contributed by atoms with Crippen LogP contribution in [0.4, 0.5) is 0 Å². The van der Waals surface area contributed by atoms with Gasteiger partial charge in [0.2, 0.25) is 0 Å². The lowest BCUT2D eigenvalue weighted by Crippen LogP contribution is -2.39. The van der Waals surface area contributed by atoms with Crippen LogP contribution in [0.2, 0.25) is 0 Å². The lowest BCUT2D eigenvalue weighted by Gasteiger charge is -2.35. The van der Waals surface area contributed by atoms with Crippen molar-refractivity contribution in [3.8, 4) is 11.5 Å². The molecule has 4 rings (SSSR count). The monoisotopic (exact) mass is 461 g/mol. The number of rotatable bonds is 7. The van der Waals surface area contributed by atoms with Gasteiger partial charge in [-0.3, -0.25) is 9.79 Å². The zero-order valence-corrected chi connectivity index (χ0v) is 20.2. The molecular weight excluding hydrogens is 430 g/mol. The van der Waals surface area contributed by atoms with E-state index in [1.807, 2.05) is 56.3 Å². The first-order valence-electron chi connectivity index (χ1n) is 11.8. The van der Waals surface area contributed by atoms with Crippen molar-refractivity contribution in [1.82, 2.24) is 0 Å². The number of methoxy groups -OCH3 is 1. The fourth-order valence-electron chi connectivity index (χ4n) is 4.80. The molecule has 34 heavy (non-hydrogen) atoms. The van der Waals surface area contributed by atoms with Gasteiger partial charge in [0.25, 0.3) is 0 Å². The van der Waals surface area contributed by atoms with Gasteiger partial charge in [-0.05, 0) is 56.9 Å². The van der Waals surface area contributed by atoms with Crippen molar-refractivity contribution in [3.05, 3.63) is 70.4 Å². The Morgan fingerprint density at radius 2 is 1.79 bits per heavy atom. The molecule has 6 heteroatoms. The van der Waals surface area contributed by atoms with E-state index >= 15 is 0 Å². The predicted molar refractivity (Wildman–Crippen MR) is 130 cm³/mol. The summed E-state index contributed by atoms with van der Waals surface area (Å²) in [5.74, 6) is -0.0734. The fraction of sp³-hybridized carbons (Fsp3) is 0.393. The summed E-state index contributed by atoms with van der Waals surface area (Å²) in [6, 6.07) is 13.8. The average Bonchev–Trinajstić information content (AvgIpc) is 2.83. The summed E-state index contributed by atoms with van der Waals surface area (Å²) in [7, 11) is 1.59. The van der Waals surface area contributed by atoms with E-state index < -0.39 is 17.8 Å². The molecule has 1 saturated carbocycles. The van der Waals surface area contributed by atoms with Crippen molar-refractivity contribution in [2.24, 2.45) is 10.9 Å². The normalized spacial score (nSPS) is 19.9. The van der Waals surface area contributed by atoms with Crippen molar-refractivity contribution in [3.63, 3.8) is 0 Å². The maximum Gasteiger partial charge on any atom is 0.336 e. The van der Waals surface area contributed by atoms with E-state index in [0.717, 1.165) is 29.7 Å². The highest BCUT2D eigenvalue weighted by Crippen LogP contribution is 2.45. The molecule has 178 valence electrons. The number of carbonyl (C=O) groups excluding carboxylic acids is 2. The first kappa shape index (κ1) is 23.7. The molecule has 0 aromatic heterocycles. The van der Waals surface area contributed by atoms with Crippen molar-refractivity contribution >= 4 is 17.5 Å². The minimum atomic E-state index is -0.459. The molecule has 2 aliphatic rings. The summed E-state index contributed by atoms with van der Waals surface area (Å²) in [5, 5.41) is 0. The van der Waals surface area contributed by atoms with Crippen LogP contribution in [0.5, 0.6) is 11.5 Å². The number of esters is 1. The van der Waals surface area contributed by atoms with E-state index in [9.17, 15) is 9.59 Å². The Bertz CT molecular complexity index is 1150. The maximum atomic E-state index is 13.0. The predicted octanol–water partition coefficient (Wildman–Crippen LogP) is 5.33. The second-order valence-electron chi connectivity index (χ2n) is 8.78. The molecule has 1 aliphatic heterocycles.